The van der Waals surface area contributed by atoms with Gasteiger partial charge in [0.25, 0.3) is 0 Å². The number of ether oxygens (including phenoxy) is 1. The highest BCUT2D eigenvalue weighted by atomic mass is 16.5. The van der Waals surface area contributed by atoms with E-state index in [4.69, 9.17) is 10.00 Å². The van der Waals surface area contributed by atoms with Crippen LogP contribution in [0.15, 0.2) is 0 Å². The Labute approximate surface area is 110 Å². The second-order valence-corrected chi connectivity index (χ2v) is 5.97. The van der Waals surface area contributed by atoms with Gasteiger partial charge in [-0.15, -0.1) is 0 Å². The van der Waals surface area contributed by atoms with Gasteiger partial charge in [-0.1, -0.05) is 6.92 Å². The summed E-state index contributed by atoms with van der Waals surface area (Å²) in [6.45, 7) is 8.74. The van der Waals surface area contributed by atoms with Gasteiger partial charge in [0.2, 0.25) is 0 Å². The predicted molar refractivity (Wildman–Crippen MR) is 69.7 cm³/mol. The predicted octanol–water partition coefficient (Wildman–Crippen LogP) is 2.06. The number of nitriles is 1. The Morgan fingerprint density at radius 1 is 1.50 bits per heavy atom. The number of carbonyl (C=O) groups is 1. The average molecular weight is 252 g/mol. The van der Waals surface area contributed by atoms with E-state index in [0.717, 1.165) is 32.5 Å². The third-order valence-corrected chi connectivity index (χ3v) is 3.77. The molecular weight excluding hydrogens is 228 g/mol. The first kappa shape index (κ1) is 15.0. The van der Waals surface area contributed by atoms with E-state index in [0.29, 0.717) is 5.92 Å². The van der Waals surface area contributed by atoms with Crippen LogP contribution in [-0.2, 0) is 9.53 Å². The molecule has 0 spiro atoms. The number of esters is 1. The van der Waals surface area contributed by atoms with Crippen molar-refractivity contribution in [2.45, 2.75) is 33.6 Å². The number of hydrogen-bond acceptors (Lipinski definition) is 4. The molecule has 0 N–H and O–H groups in total. The smallest absolute Gasteiger partial charge is 0.310 e. The molecule has 1 fully saturated rings. The van der Waals surface area contributed by atoms with Crippen LogP contribution in [0.1, 0.15) is 33.6 Å². The minimum absolute atomic E-state index is 0.0129. The molecule has 102 valence electrons. The van der Waals surface area contributed by atoms with Gasteiger partial charge in [0, 0.05) is 13.1 Å². The first-order valence-corrected chi connectivity index (χ1v) is 6.61. The first-order chi connectivity index (χ1) is 8.39. The van der Waals surface area contributed by atoms with Gasteiger partial charge < -0.3 is 9.64 Å². The molecule has 0 aromatic carbocycles. The van der Waals surface area contributed by atoms with E-state index in [1.165, 1.54) is 7.11 Å². The van der Waals surface area contributed by atoms with Crippen LogP contribution in [0.4, 0.5) is 0 Å². The molecule has 0 radical (unpaired) electrons. The molecule has 2 unspecified atom stereocenters. The quantitative estimate of drug-likeness (QED) is 0.703. The van der Waals surface area contributed by atoms with Crippen molar-refractivity contribution >= 4 is 5.97 Å². The van der Waals surface area contributed by atoms with Crippen molar-refractivity contribution in [1.82, 2.24) is 4.90 Å². The molecule has 1 aliphatic rings. The molecule has 0 aliphatic carbocycles. The Morgan fingerprint density at radius 2 is 2.17 bits per heavy atom. The summed E-state index contributed by atoms with van der Waals surface area (Å²) in [6, 6.07) is 2.32. The number of hydrogen-bond donors (Lipinski definition) is 0. The minimum atomic E-state index is -0.243. The number of likely N-dealkylation sites (tertiary alicyclic amines) is 1. The maximum Gasteiger partial charge on any atom is 0.310 e. The van der Waals surface area contributed by atoms with Crippen molar-refractivity contribution in [3.8, 4) is 6.07 Å². The summed E-state index contributed by atoms with van der Waals surface area (Å²) in [6.07, 6.45) is 1.90. The van der Waals surface area contributed by atoms with Gasteiger partial charge in [-0.05, 0) is 39.2 Å². The topological polar surface area (TPSA) is 53.3 Å². The highest BCUT2D eigenvalue weighted by Gasteiger charge is 2.35. The normalized spacial score (nSPS) is 24.8. The summed E-state index contributed by atoms with van der Waals surface area (Å²) < 4.78 is 4.82. The van der Waals surface area contributed by atoms with Gasteiger partial charge in [0.15, 0.2) is 0 Å². The molecule has 0 aromatic heterocycles. The monoisotopic (exact) mass is 252 g/mol. The molecule has 0 saturated carbocycles. The van der Waals surface area contributed by atoms with Crippen molar-refractivity contribution in [3.63, 3.8) is 0 Å². The lowest BCUT2D eigenvalue weighted by molar-refractivity contribution is -0.146. The molecule has 4 heteroatoms. The summed E-state index contributed by atoms with van der Waals surface area (Å²) in [5, 5.41) is 8.95. The lowest BCUT2D eigenvalue weighted by Gasteiger charge is -2.19. The van der Waals surface area contributed by atoms with Gasteiger partial charge in [0.1, 0.15) is 0 Å². The second kappa shape index (κ2) is 6.19. The summed E-state index contributed by atoms with van der Waals surface area (Å²) in [5.41, 5.74) is -0.243. The van der Waals surface area contributed by atoms with Crippen molar-refractivity contribution in [2.24, 2.45) is 17.3 Å². The van der Waals surface area contributed by atoms with Gasteiger partial charge in [0.05, 0.1) is 24.5 Å². The molecule has 1 heterocycles. The van der Waals surface area contributed by atoms with Crippen molar-refractivity contribution in [1.29, 1.82) is 5.26 Å². The summed E-state index contributed by atoms with van der Waals surface area (Å²) in [7, 11) is 1.45. The highest BCUT2D eigenvalue weighted by molar-refractivity contribution is 5.73. The number of carbonyl (C=O) groups excluding carboxylic acids is 1. The van der Waals surface area contributed by atoms with Crippen LogP contribution < -0.4 is 0 Å². The van der Waals surface area contributed by atoms with Crippen LogP contribution in [0, 0.1) is 28.6 Å². The van der Waals surface area contributed by atoms with E-state index in [-0.39, 0.29) is 17.3 Å². The molecular formula is C14H24N2O2. The van der Waals surface area contributed by atoms with Crippen molar-refractivity contribution in [2.75, 3.05) is 26.7 Å². The lowest BCUT2D eigenvalue weighted by atomic mass is 9.90. The Bertz CT molecular complexity index is 333. The van der Waals surface area contributed by atoms with Crippen LogP contribution >= 0.6 is 0 Å². The summed E-state index contributed by atoms with van der Waals surface area (Å²) in [4.78, 5) is 13.9. The number of rotatable bonds is 5. The zero-order chi connectivity index (χ0) is 13.8. The van der Waals surface area contributed by atoms with Gasteiger partial charge in [-0.2, -0.15) is 5.26 Å². The van der Waals surface area contributed by atoms with Gasteiger partial charge in [-0.25, -0.2) is 0 Å². The average Bonchev–Trinajstić information content (AvgIpc) is 2.69. The van der Waals surface area contributed by atoms with Crippen LogP contribution in [-0.4, -0.2) is 37.6 Å². The van der Waals surface area contributed by atoms with E-state index in [1.807, 2.05) is 13.8 Å². The molecule has 1 saturated heterocycles. The highest BCUT2D eigenvalue weighted by Crippen LogP contribution is 2.26. The maximum absolute atomic E-state index is 11.6. The fourth-order valence-corrected chi connectivity index (χ4v) is 2.51. The molecule has 0 bridgehead atoms. The third-order valence-electron chi connectivity index (χ3n) is 3.77. The van der Waals surface area contributed by atoms with Crippen LogP contribution in [0.3, 0.4) is 0 Å². The van der Waals surface area contributed by atoms with Crippen molar-refractivity contribution < 1.29 is 9.53 Å². The first-order valence-electron chi connectivity index (χ1n) is 6.61. The zero-order valence-corrected chi connectivity index (χ0v) is 11.9. The Hall–Kier alpha value is -1.08. The van der Waals surface area contributed by atoms with E-state index < -0.39 is 0 Å². The van der Waals surface area contributed by atoms with E-state index >= 15 is 0 Å². The standard InChI is InChI=1S/C14H24N2O2/c1-11-8-16(9-12(11)13(17)18-4)7-5-6-14(2,3)10-15/h11-12H,5-9H2,1-4H3. The Morgan fingerprint density at radius 3 is 2.72 bits per heavy atom. The fourth-order valence-electron chi connectivity index (χ4n) is 2.51. The summed E-state index contributed by atoms with van der Waals surface area (Å²) >= 11 is 0. The maximum atomic E-state index is 11.6. The Balaban J connectivity index is 2.35. The molecule has 0 amide bonds. The fraction of sp³-hybridized carbons (Fsp3) is 0.857. The van der Waals surface area contributed by atoms with E-state index in [9.17, 15) is 4.79 Å². The largest absolute Gasteiger partial charge is 0.469 e. The van der Waals surface area contributed by atoms with Crippen LogP contribution in [0.2, 0.25) is 0 Å². The molecule has 2 atom stereocenters. The van der Waals surface area contributed by atoms with Crippen molar-refractivity contribution in [3.05, 3.63) is 0 Å². The molecule has 18 heavy (non-hydrogen) atoms. The molecule has 1 aliphatic heterocycles. The van der Waals surface area contributed by atoms with Gasteiger partial charge >= 0.3 is 5.97 Å². The molecule has 0 aromatic rings. The second-order valence-electron chi connectivity index (χ2n) is 5.97. The number of nitrogens with zero attached hydrogens (tertiary/aromatic N) is 2. The van der Waals surface area contributed by atoms with E-state index in [1.54, 1.807) is 0 Å². The summed E-state index contributed by atoms with van der Waals surface area (Å²) in [5.74, 6) is 0.280. The zero-order valence-electron chi connectivity index (χ0n) is 11.9. The van der Waals surface area contributed by atoms with Crippen LogP contribution in [0.5, 0.6) is 0 Å². The molecule has 1 rings (SSSR count). The van der Waals surface area contributed by atoms with Crippen LogP contribution in [0.25, 0.3) is 0 Å². The SMILES string of the molecule is COC(=O)C1CN(CCCC(C)(C)C#N)CC1C. The van der Waals surface area contributed by atoms with E-state index in [2.05, 4.69) is 17.9 Å². The molecule has 4 nitrogen and oxygen atoms in total. The van der Waals surface area contributed by atoms with Gasteiger partial charge in [-0.3, -0.25) is 4.79 Å². The number of methoxy groups -OCH3 is 1. The Kier molecular flexibility index (Phi) is 5.15. The minimum Gasteiger partial charge on any atom is -0.469 e. The third kappa shape index (κ3) is 3.99. The lowest BCUT2D eigenvalue weighted by Crippen LogP contribution is -2.26.